The third-order valence-corrected chi connectivity index (χ3v) is 2.97. The summed E-state index contributed by atoms with van der Waals surface area (Å²) in [6, 6.07) is 5.64. The highest BCUT2D eigenvalue weighted by Crippen LogP contribution is 2.16. The van der Waals surface area contributed by atoms with Crippen molar-refractivity contribution in [3.05, 3.63) is 47.4 Å². The predicted octanol–water partition coefficient (Wildman–Crippen LogP) is 1.92. The Morgan fingerprint density at radius 2 is 2.00 bits per heavy atom. The largest absolute Gasteiger partial charge is 0.462 e. The van der Waals surface area contributed by atoms with Gasteiger partial charge in [-0.2, -0.15) is 5.10 Å². The Labute approximate surface area is 126 Å². The van der Waals surface area contributed by atoms with Gasteiger partial charge in [-0.3, -0.25) is 9.48 Å². The summed E-state index contributed by atoms with van der Waals surface area (Å²) in [4.78, 5) is 23.8. The number of benzene rings is 1. The number of aromatic nitrogens is 2. The average Bonchev–Trinajstić information content (AvgIpc) is 2.83. The lowest BCUT2D eigenvalue weighted by Crippen LogP contribution is -2.19. The fraction of sp³-hybridized carbons (Fsp3) is 0.267. The van der Waals surface area contributed by atoms with Crippen LogP contribution in [0.5, 0.6) is 0 Å². The van der Waals surface area contributed by atoms with Gasteiger partial charge in [-0.25, -0.2) is 9.18 Å². The van der Waals surface area contributed by atoms with Gasteiger partial charge in [-0.1, -0.05) is 12.1 Å². The number of nitrogens with one attached hydrogen (secondary N) is 1. The first-order valence-electron chi connectivity index (χ1n) is 6.74. The molecule has 1 aromatic carbocycles. The highest BCUT2D eigenvalue weighted by molar-refractivity contribution is 6.00. The topological polar surface area (TPSA) is 73.2 Å². The van der Waals surface area contributed by atoms with Gasteiger partial charge < -0.3 is 10.1 Å². The Morgan fingerprint density at radius 1 is 1.32 bits per heavy atom. The van der Waals surface area contributed by atoms with Crippen LogP contribution in [0.15, 0.2) is 30.5 Å². The number of amides is 1. The maximum atomic E-state index is 12.8. The number of esters is 1. The molecule has 1 amide bonds. The molecular formula is C15H16FN3O3. The van der Waals surface area contributed by atoms with Crippen LogP contribution >= 0.6 is 0 Å². The van der Waals surface area contributed by atoms with E-state index in [4.69, 9.17) is 4.74 Å². The molecule has 0 aliphatic heterocycles. The molecular weight excluding hydrogens is 289 g/mol. The Balaban J connectivity index is 2.09. The molecule has 0 aliphatic rings. The van der Waals surface area contributed by atoms with Crippen LogP contribution in [0.25, 0.3) is 0 Å². The number of hydrogen-bond donors (Lipinski definition) is 1. The van der Waals surface area contributed by atoms with Crippen LogP contribution < -0.4 is 5.32 Å². The normalized spacial score (nSPS) is 10.3. The van der Waals surface area contributed by atoms with Crippen LogP contribution in [0, 0.1) is 5.82 Å². The second-order valence-corrected chi connectivity index (χ2v) is 4.60. The third kappa shape index (κ3) is 3.69. The predicted molar refractivity (Wildman–Crippen MR) is 77.9 cm³/mol. The minimum Gasteiger partial charge on any atom is -0.462 e. The maximum Gasteiger partial charge on any atom is 0.343 e. The zero-order valence-electron chi connectivity index (χ0n) is 12.3. The molecule has 1 heterocycles. The van der Waals surface area contributed by atoms with Crippen LogP contribution in [0.1, 0.15) is 22.8 Å². The van der Waals surface area contributed by atoms with Crippen LogP contribution in [0.3, 0.4) is 0 Å². The number of anilines is 1. The van der Waals surface area contributed by atoms with Crippen molar-refractivity contribution in [2.24, 2.45) is 7.05 Å². The number of hydrogen-bond acceptors (Lipinski definition) is 4. The van der Waals surface area contributed by atoms with Crippen LogP contribution in [0.4, 0.5) is 10.2 Å². The van der Waals surface area contributed by atoms with Gasteiger partial charge >= 0.3 is 5.97 Å². The van der Waals surface area contributed by atoms with E-state index >= 15 is 0 Å². The van der Waals surface area contributed by atoms with Crippen molar-refractivity contribution in [1.29, 1.82) is 0 Å². The summed E-state index contributed by atoms with van der Waals surface area (Å²) in [7, 11) is 1.61. The number of nitrogens with zero attached hydrogens (tertiary/aromatic N) is 2. The van der Waals surface area contributed by atoms with Crippen molar-refractivity contribution in [2.75, 3.05) is 11.9 Å². The Kier molecular flexibility index (Phi) is 4.88. The molecule has 0 aliphatic carbocycles. The molecule has 0 atom stereocenters. The van der Waals surface area contributed by atoms with E-state index < -0.39 is 5.97 Å². The third-order valence-electron chi connectivity index (χ3n) is 2.97. The molecule has 2 rings (SSSR count). The molecule has 116 valence electrons. The molecule has 7 heteroatoms. The standard InChI is InChI=1S/C15H16FN3O3/c1-3-22-15(21)12-9-17-19(2)14(12)18-13(20)8-10-4-6-11(16)7-5-10/h4-7,9H,3,8H2,1-2H3,(H,18,20). The van der Waals surface area contributed by atoms with Gasteiger partial charge in [-0.15, -0.1) is 0 Å². The fourth-order valence-corrected chi connectivity index (χ4v) is 1.91. The van der Waals surface area contributed by atoms with Crippen molar-refractivity contribution >= 4 is 17.7 Å². The molecule has 2 aromatic rings. The van der Waals surface area contributed by atoms with Gasteiger partial charge in [-0.05, 0) is 24.6 Å². The molecule has 0 spiro atoms. The second kappa shape index (κ2) is 6.84. The maximum absolute atomic E-state index is 12.8. The summed E-state index contributed by atoms with van der Waals surface area (Å²) in [6.45, 7) is 1.93. The van der Waals surface area contributed by atoms with Crippen molar-refractivity contribution in [3.63, 3.8) is 0 Å². The Hall–Kier alpha value is -2.70. The van der Waals surface area contributed by atoms with Gasteiger partial charge in [0.05, 0.1) is 19.2 Å². The van der Waals surface area contributed by atoms with Gasteiger partial charge in [0, 0.05) is 7.05 Å². The fourth-order valence-electron chi connectivity index (χ4n) is 1.91. The van der Waals surface area contributed by atoms with E-state index in [0.717, 1.165) is 0 Å². The summed E-state index contributed by atoms with van der Waals surface area (Å²) >= 11 is 0. The van der Waals surface area contributed by atoms with E-state index in [2.05, 4.69) is 10.4 Å². The molecule has 0 radical (unpaired) electrons. The monoisotopic (exact) mass is 305 g/mol. The number of carbonyl (C=O) groups is 2. The molecule has 0 fully saturated rings. The lowest BCUT2D eigenvalue weighted by Gasteiger charge is -2.08. The van der Waals surface area contributed by atoms with E-state index in [1.54, 1.807) is 14.0 Å². The van der Waals surface area contributed by atoms with Gasteiger partial charge in [0.25, 0.3) is 0 Å². The summed E-state index contributed by atoms with van der Waals surface area (Å²) in [5.41, 5.74) is 0.857. The van der Waals surface area contributed by atoms with Gasteiger partial charge in [0.2, 0.25) is 5.91 Å². The molecule has 0 saturated heterocycles. The average molecular weight is 305 g/mol. The first-order valence-corrected chi connectivity index (χ1v) is 6.74. The molecule has 0 unspecified atom stereocenters. The van der Waals surface area contributed by atoms with Crippen molar-refractivity contribution < 1.29 is 18.7 Å². The number of rotatable bonds is 5. The van der Waals surface area contributed by atoms with Crippen molar-refractivity contribution in [2.45, 2.75) is 13.3 Å². The van der Waals surface area contributed by atoms with Crippen molar-refractivity contribution in [3.8, 4) is 0 Å². The van der Waals surface area contributed by atoms with E-state index in [1.807, 2.05) is 0 Å². The number of aryl methyl sites for hydroxylation is 1. The number of ether oxygens (including phenoxy) is 1. The lowest BCUT2D eigenvalue weighted by molar-refractivity contribution is -0.115. The summed E-state index contributed by atoms with van der Waals surface area (Å²) < 4.78 is 19.1. The minimum absolute atomic E-state index is 0.0632. The second-order valence-electron chi connectivity index (χ2n) is 4.60. The number of carbonyl (C=O) groups excluding carboxylic acids is 2. The van der Waals surface area contributed by atoms with E-state index in [9.17, 15) is 14.0 Å². The van der Waals surface area contributed by atoms with Crippen LogP contribution in [-0.4, -0.2) is 28.3 Å². The van der Waals surface area contributed by atoms with E-state index in [1.165, 1.54) is 35.1 Å². The van der Waals surface area contributed by atoms with Crippen LogP contribution in [0.2, 0.25) is 0 Å². The number of halogens is 1. The highest BCUT2D eigenvalue weighted by Gasteiger charge is 2.19. The first-order chi connectivity index (χ1) is 10.5. The Bertz CT molecular complexity index is 680. The lowest BCUT2D eigenvalue weighted by atomic mass is 10.1. The van der Waals surface area contributed by atoms with E-state index in [0.29, 0.717) is 5.56 Å². The molecule has 1 aromatic heterocycles. The van der Waals surface area contributed by atoms with E-state index in [-0.39, 0.29) is 36.1 Å². The SMILES string of the molecule is CCOC(=O)c1cnn(C)c1NC(=O)Cc1ccc(F)cc1. The van der Waals surface area contributed by atoms with Crippen LogP contribution in [-0.2, 0) is 23.0 Å². The molecule has 6 nitrogen and oxygen atoms in total. The minimum atomic E-state index is -0.548. The van der Waals surface area contributed by atoms with Gasteiger partial charge in [0.15, 0.2) is 0 Å². The summed E-state index contributed by atoms with van der Waals surface area (Å²) in [5.74, 6) is -0.973. The first kappa shape index (κ1) is 15.7. The Morgan fingerprint density at radius 3 is 2.64 bits per heavy atom. The summed E-state index contributed by atoms with van der Waals surface area (Å²) in [6.07, 6.45) is 1.40. The zero-order valence-corrected chi connectivity index (χ0v) is 12.3. The quantitative estimate of drug-likeness (QED) is 0.857. The molecule has 22 heavy (non-hydrogen) atoms. The highest BCUT2D eigenvalue weighted by atomic mass is 19.1. The molecule has 1 N–H and O–H groups in total. The van der Waals surface area contributed by atoms with Gasteiger partial charge in [0.1, 0.15) is 17.2 Å². The van der Waals surface area contributed by atoms with Crippen molar-refractivity contribution in [1.82, 2.24) is 9.78 Å². The molecule has 0 bridgehead atoms. The summed E-state index contributed by atoms with van der Waals surface area (Å²) in [5, 5.41) is 6.57. The smallest absolute Gasteiger partial charge is 0.343 e. The molecule has 0 saturated carbocycles. The zero-order chi connectivity index (χ0) is 16.1.